The summed E-state index contributed by atoms with van der Waals surface area (Å²) < 4.78 is 1.04. The quantitative estimate of drug-likeness (QED) is 0.775. The van der Waals surface area contributed by atoms with E-state index in [0.29, 0.717) is 17.8 Å². The third kappa shape index (κ3) is 4.09. The Morgan fingerprint density at radius 1 is 1.33 bits per heavy atom. The Balaban J connectivity index is 2.11. The highest BCUT2D eigenvalue weighted by molar-refractivity contribution is 9.10. The summed E-state index contributed by atoms with van der Waals surface area (Å²) in [6, 6.07) is 6.00. The van der Waals surface area contributed by atoms with Gasteiger partial charge in [0.25, 0.3) is 0 Å². The van der Waals surface area contributed by atoms with Crippen molar-refractivity contribution in [2.24, 2.45) is 23.7 Å². The highest BCUT2D eigenvalue weighted by Crippen LogP contribution is 2.38. The maximum atomic E-state index is 12.7. The van der Waals surface area contributed by atoms with Crippen LogP contribution in [0.1, 0.15) is 45.6 Å². The molecular formula is C18H26BrNO. The maximum Gasteiger partial charge on any atom is 0.227 e. The minimum Gasteiger partial charge on any atom is -0.326 e. The van der Waals surface area contributed by atoms with Crippen molar-refractivity contribution in [1.82, 2.24) is 0 Å². The van der Waals surface area contributed by atoms with Crippen LogP contribution in [0.4, 0.5) is 5.69 Å². The number of hydrogen-bond donors (Lipinski definition) is 1. The van der Waals surface area contributed by atoms with Crippen LogP contribution in [0.3, 0.4) is 0 Å². The molecule has 1 fully saturated rings. The summed E-state index contributed by atoms with van der Waals surface area (Å²) in [6.07, 6.45) is 3.44. The van der Waals surface area contributed by atoms with Crippen LogP contribution in [0, 0.1) is 30.6 Å². The van der Waals surface area contributed by atoms with E-state index in [1.54, 1.807) is 0 Å². The van der Waals surface area contributed by atoms with E-state index in [1.807, 2.05) is 25.1 Å². The molecule has 2 rings (SSSR count). The van der Waals surface area contributed by atoms with Crippen LogP contribution in [0.25, 0.3) is 0 Å². The third-order valence-corrected chi connectivity index (χ3v) is 5.65. The number of nitrogens with one attached hydrogen (secondary N) is 1. The first-order valence-electron chi connectivity index (χ1n) is 7.95. The van der Waals surface area contributed by atoms with Crippen LogP contribution in [0.5, 0.6) is 0 Å². The van der Waals surface area contributed by atoms with Gasteiger partial charge in [0.15, 0.2) is 0 Å². The van der Waals surface area contributed by atoms with Crippen LogP contribution in [0.15, 0.2) is 22.7 Å². The molecule has 1 aromatic rings. The molecule has 21 heavy (non-hydrogen) atoms. The molecule has 2 nitrogen and oxygen atoms in total. The predicted octanol–water partition coefficient (Wildman–Crippen LogP) is 5.40. The monoisotopic (exact) mass is 351 g/mol. The Morgan fingerprint density at radius 2 is 2.05 bits per heavy atom. The number of carbonyl (C=O) groups excluding carboxylic acids is 1. The average molecular weight is 352 g/mol. The molecule has 1 aromatic carbocycles. The normalized spacial score (nSPS) is 25.9. The van der Waals surface area contributed by atoms with Crippen molar-refractivity contribution >= 4 is 27.5 Å². The Kier molecular flexibility index (Phi) is 5.48. The van der Waals surface area contributed by atoms with Crippen LogP contribution in [-0.4, -0.2) is 5.91 Å². The second kappa shape index (κ2) is 6.95. The summed E-state index contributed by atoms with van der Waals surface area (Å²) in [5.41, 5.74) is 2.07. The first-order valence-corrected chi connectivity index (χ1v) is 8.74. The molecule has 0 spiro atoms. The van der Waals surface area contributed by atoms with E-state index < -0.39 is 0 Å². The topological polar surface area (TPSA) is 29.1 Å². The maximum absolute atomic E-state index is 12.7. The van der Waals surface area contributed by atoms with Crippen molar-refractivity contribution < 1.29 is 4.79 Å². The molecule has 1 saturated carbocycles. The molecule has 0 heterocycles. The van der Waals surface area contributed by atoms with Gasteiger partial charge in [0, 0.05) is 16.1 Å². The lowest BCUT2D eigenvalue weighted by Crippen LogP contribution is -2.36. The molecule has 3 heteroatoms. The number of anilines is 1. The van der Waals surface area contributed by atoms with E-state index in [4.69, 9.17) is 0 Å². The number of benzene rings is 1. The Labute approximate surface area is 136 Å². The van der Waals surface area contributed by atoms with E-state index in [-0.39, 0.29) is 11.8 Å². The van der Waals surface area contributed by atoms with Gasteiger partial charge in [-0.2, -0.15) is 0 Å². The molecule has 1 N–H and O–H groups in total. The minimum absolute atomic E-state index is 0.147. The molecular weight excluding hydrogens is 326 g/mol. The predicted molar refractivity (Wildman–Crippen MR) is 92.3 cm³/mol. The molecule has 0 unspecified atom stereocenters. The van der Waals surface area contributed by atoms with Crippen molar-refractivity contribution in [3.8, 4) is 0 Å². The number of amides is 1. The molecule has 1 aliphatic carbocycles. The fraction of sp³-hybridized carbons (Fsp3) is 0.611. The first-order chi connectivity index (χ1) is 9.88. The van der Waals surface area contributed by atoms with E-state index in [9.17, 15) is 4.79 Å². The Hall–Kier alpha value is -0.830. The average Bonchev–Trinajstić information content (AvgIpc) is 2.42. The SMILES string of the molecule is Cc1ccc(NC(=O)[C@@H]2C[C@H](C)CC[C@H]2C(C)C)cc1Br. The molecule has 0 bridgehead atoms. The van der Waals surface area contributed by atoms with Gasteiger partial charge in [-0.25, -0.2) is 0 Å². The number of hydrogen-bond acceptors (Lipinski definition) is 1. The Bertz CT molecular complexity index is 512. The lowest BCUT2D eigenvalue weighted by Gasteiger charge is -2.36. The zero-order chi connectivity index (χ0) is 15.6. The smallest absolute Gasteiger partial charge is 0.227 e. The molecule has 1 aliphatic rings. The van der Waals surface area contributed by atoms with Crippen molar-refractivity contribution in [3.63, 3.8) is 0 Å². The van der Waals surface area contributed by atoms with E-state index in [1.165, 1.54) is 18.4 Å². The second-order valence-electron chi connectivity index (χ2n) is 6.89. The Morgan fingerprint density at radius 3 is 2.67 bits per heavy atom. The van der Waals surface area contributed by atoms with E-state index in [0.717, 1.165) is 16.6 Å². The number of halogens is 1. The summed E-state index contributed by atoms with van der Waals surface area (Å²) in [6.45, 7) is 8.79. The zero-order valence-electron chi connectivity index (χ0n) is 13.4. The first kappa shape index (κ1) is 16.5. The number of aryl methyl sites for hydroxylation is 1. The minimum atomic E-state index is 0.147. The highest BCUT2D eigenvalue weighted by atomic mass is 79.9. The third-order valence-electron chi connectivity index (χ3n) is 4.80. The van der Waals surface area contributed by atoms with Gasteiger partial charge >= 0.3 is 0 Å². The van der Waals surface area contributed by atoms with Crippen molar-refractivity contribution in [3.05, 3.63) is 28.2 Å². The van der Waals surface area contributed by atoms with Crippen LogP contribution in [0.2, 0.25) is 0 Å². The standard InChI is InChI=1S/C18H26BrNO/c1-11(2)15-8-5-12(3)9-16(15)18(21)20-14-7-6-13(4)17(19)10-14/h6-7,10-12,15-16H,5,8-9H2,1-4H3,(H,20,21)/t12-,15+,16-/m1/s1. The summed E-state index contributed by atoms with van der Waals surface area (Å²) in [5.74, 6) is 2.07. The van der Waals surface area contributed by atoms with Gasteiger partial charge in [0.05, 0.1) is 0 Å². The van der Waals surface area contributed by atoms with Gasteiger partial charge in [-0.1, -0.05) is 49.2 Å². The lowest BCUT2D eigenvalue weighted by molar-refractivity contribution is -0.123. The molecule has 0 aromatic heterocycles. The largest absolute Gasteiger partial charge is 0.326 e. The molecule has 0 radical (unpaired) electrons. The van der Waals surface area contributed by atoms with Crippen LogP contribution >= 0.6 is 15.9 Å². The van der Waals surface area contributed by atoms with Crippen LogP contribution < -0.4 is 5.32 Å². The van der Waals surface area contributed by atoms with Crippen molar-refractivity contribution in [1.29, 1.82) is 0 Å². The van der Waals surface area contributed by atoms with Crippen LogP contribution in [-0.2, 0) is 4.79 Å². The van der Waals surface area contributed by atoms with Gasteiger partial charge in [0.1, 0.15) is 0 Å². The van der Waals surface area contributed by atoms with Gasteiger partial charge < -0.3 is 5.32 Å². The summed E-state index contributed by atoms with van der Waals surface area (Å²) in [5, 5.41) is 3.12. The van der Waals surface area contributed by atoms with Gasteiger partial charge in [-0.3, -0.25) is 4.79 Å². The zero-order valence-corrected chi connectivity index (χ0v) is 15.0. The van der Waals surface area contributed by atoms with E-state index in [2.05, 4.69) is 42.0 Å². The number of carbonyl (C=O) groups is 1. The van der Waals surface area contributed by atoms with Gasteiger partial charge in [-0.15, -0.1) is 0 Å². The number of rotatable bonds is 3. The lowest BCUT2D eigenvalue weighted by atomic mass is 9.70. The molecule has 116 valence electrons. The highest BCUT2D eigenvalue weighted by Gasteiger charge is 2.35. The summed E-state index contributed by atoms with van der Waals surface area (Å²) >= 11 is 3.53. The molecule has 0 aliphatic heterocycles. The molecule has 0 saturated heterocycles. The van der Waals surface area contributed by atoms with Gasteiger partial charge in [-0.05, 0) is 55.2 Å². The fourth-order valence-corrected chi connectivity index (χ4v) is 3.79. The second-order valence-corrected chi connectivity index (χ2v) is 7.74. The summed E-state index contributed by atoms with van der Waals surface area (Å²) in [7, 11) is 0. The molecule has 3 atom stereocenters. The van der Waals surface area contributed by atoms with Gasteiger partial charge in [0.2, 0.25) is 5.91 Å². The fourth-order valence-electron chi connectivity index (χ4n) is 3.41. The van der Waals surface area contributed by atoms with Crippen molar-refractivity contribution in [2.45, 2.75) is 47.0 Å². The van der Waals surface area contributed by atoms with E-state index >= 15 is 0 Å². The molecule has 1 amide bonds. The van der Waals surface area contributed by atoms with Crippen molar-refractivity contribution in [2.75, 3.05) is 5.32 Å². The summed E-state index contributed by atoms with van der Waals surface area (Å²) in [4.78, 5) is 12.7.